The van der Waals surface area contributed by atoms with Crippen LogP contribution in [-0.4, -0.2) is 27.7 Å². The Kier molecular flexibility index (Phi) is 6.17. The Hall–Kier alpha value is -4.62. The second kappa shape index (κ2) is 9.36. The van der Waals surface area contributed by atoms with E-state index in [1.54, 1.807) is 24.3 Å². The first-order valence-electron chi connectivity index (χ1n) is 11.7. The Labute approximate surface area is 220 Å². The molecule has 1 atom stereocenters. The summed E-state index contributed by atoms with van der Waals surface area (Å²) in [4.78, 5) is -0.134. The van der Waals surface area contributed by atoms with Crippen molar-refractivity contribution in [2.45, 2.75) is 19.4 Å². The van der Waals surface area contributed by atoms with Gasteiger partial charge in [0, 0.05) is 5.56 Å². The van der Waals surface area contributed by atoms with Crippen LogP contribution in [0.5, 0.6) is 17.2 Å². The zero-order valence-electron chi connectivity index (χ0n) is 20.9. The Morgan fingerprint density at radius 3 is 2.34 bits per heavy atom. The first-order chi connectivity index (χ1) is 18.2. The van der Waals surface area contributed by atoms with Gasteiger partial charge in [-0.2, -0.15) is 5.26 Å². The smallest absolute Gasteiger partial charge is 0.265 e. The van der Waals surface area contributed by atoms with Crippen molar-refractivity contribution in [1.29, 1.82) is 5.26 Å². The van der Waals surface area contributed by atoms with Gasteiger partial charge in [0.2, 0.25) is 11.6 Å². The molecule has 2 heterocycles. The summed E-state index contributed by atoms with van der Waals surface area (Å²) in [5, 5.41) is 20.6. The summed E-state index contributed by atoms with van der Waals surface area (Å²) in [6, 6.07) is 19.5. The Morgan fingerprint density at radius 2 is 1.71 bits per heavy atom. The standard InChI is InChI=1S/C28H25N3O6S/c1-16-8-4-5-9-17(16)15-31-21-11-7-6-10-19(21)26-27(38(31,33)34)24(20(14-29)28(30)37-26)18-12-22(35-2)25(32)23(13-18)36-3/h4-13,24,32H,15,30H2,1-3H3/t24-/m0/s1. The summed E-state index contributed by atoms with van der Waals surface area (Å²) in [6.07, 6.45) is 0. The molecule has 194 valence electrons. The van der Waals surface area contributed by atoms with Gasteiger partial charge in [-0.25, -0.2) is 8.42 Å². The minimum absolute atomic E-state index is 0.0501. The molecule has 38 heavy (non-hydrogen) atoms. The monoisotopic (exact) mass is 531 g/mol. The van der Waals surface area contributed by atoms with E-state index in [2.05, 4.69) is 0 Å². The number of hydrogen-bond donors (Lipinski definition) is 2. The number of ether oxygens (including phenoxy) is 3. The predicted octanol–water partition coefficient (Wildman–Crippen LogP) is 4.24. The topological polar surface area (TPSA) is 135 Å². The van der Waals surface area contributed by atoms with E-state index in [-0.39, 0.29) is 45.9 Å². The molecule has 0 saturated carbocycles. The van der Waals surface area contributed by atoms with Crippen LogP contribution in [0.25, 0.3) is 5.76 Å². The highest BCUT2D eigenvalue weighted by molar-refractivity contribution is 7.96. The molecular weight excluding hydrogens is 506 g/mol. The summed E-state index contributed by atoms with van der Waals surface area (Å²) in [7, 11) is -1.54. The number of aryl methyl sites for hydroxylation is 1. The lowest BCUT2D eigenvalue weighted by Gasteiger charge is -2.38. The first kappa shape index (κ1) is 25.0. The number of para-hydroxylation sites is 1. The fraction of sp³-hybridized carbons (Fsp3) is 0.179. The minimum atomic E-state index is -4.26. The average Bonchev–Trinajstić information content (AvgIpc) is 2.91. The number of phenolic OH excluding ortho intramolecular Hbond substituents is 1. The van der Waals surface area contributed by atoms with E-state index in [4.69, 9.17) is 19.9 Å². The lowest BCUT2D eigenvalue weighted by atomic mass is 9.87. The van der Waals surface area contributed by atoms with Gasteiger partial charge in [0.15, 0.2) is 17.3 Å². The van der Waals surface area contributed by atoms with Crippen molar-refractivity contribution in [3.8, 4) is 23.3 Å². The van der Waals surface area contributed by atoms with Crippen LogP contribution < -0.4 is 19.5 Å². The van der Waals surface area contributed by atoms with Crippen molar-refractivity contribution in [3.63, 3.8) is 0 Å². The third-order valence-electron chi connectivity index (χ3n) is 6.77. The molecule has 0 radical (unpaired) electrons. The molecule has 3 aromatic rings. The summed E-state index contributed by atoms with van der Waals surface area (Å²) in [5.74, 6) is -1.46. The van der Waals surface area contributed by atoms with Crippen molar-refractivity contribution in [1.82, 2.24) is 0 Å². The van der Waals surface area contributed by atoms with Gasteiger partial charge in [0.25, 0.3) is 10.0 Å². The van der Waals surface area contributed by atoms with Crippen LogP contribution in [0.2, 0.25) is 0 Å². The largest absolute Gasteiger partial charge is 0.502 e. The average molecular weight is 532 g/mol. The number of methoxy groups -OCH3 is 2. The van der Waals surface area contributed by atoms with E-state index in [1.807, 2.05) is 37.3 Å². The Balaban J connectivity index is 1.80. The molecule has 0 aliphatic carbocycles. The fourth-order valence-corrected chi connectivity index (χ4v) is 6.74. The quantitative estimate of drug-likeness (QED) is 0.499. The lowest BCUT2D eigenvalue weighted by molar-refractivity contribution is 0.338. The molecule has 3 N–H and O–H groups in total. The zero-order chi connectivity index (χ0) is 27.2. The zero-order valence-corrected chi connectivity index (χ0v) is 21.7. The third-order valence-corrected chi connectivity index (χ3v) is 8.65. The number of sulfonamides is 1. The predicted molar refractivity (Wildman–Crippen MR) is 142 cm³/mol. The molecule has 0 aromatic heterocycles. The van der Waals surface area contributed by atoms with Crippen LogP contribution in [0.1, 0.15) is 28.2 Å². The maximum absolute atomic E-state index is 14.5. The number of anilines is 1. The van der Waals surface area contributed by atoms with E-state index >= 15 is 0 Å². The molecule has 0 bridgehead atoms. The summed E-state index contributed by atoms with van der Waals surface area (Å²) >= 11 is 0. The molecule has 5 rings (SSSR count). The van der Waals surface area contributed by atoms with Crippen LogP contribution in [0.15, 0.2) is 77.0 Å². The summed E-state index contributed by atoms with van der Waals surface area (Å²) in [6.45, 7) is 1.99. The minimum Gasteiger partial charge on any atom is -0.502 e. The normalized spacial score (nSPS) is 17.7. The Bertz CT molecular complexity index is 1640. The molecule has 0 spiro atoms. The van der Waals surface area contributed by atoms with Crippen LogP contribution in [-0.2, 0) is 21.3 Å². The number of nitriles is 1. The number of phenols is 1. The van der Waals surface area contributed by atoms with Gasteiger partial charge in [0.1, 0.15) is 16.5 Å². The van der Waals surface area contributed by atoms with E-state index in [9.17, 15) is 18.8 Å². The maximum Gasteiger partial charge on any atom is 0.265 e. The van der Waals surface area contributed by atoms with Gasteiger partial charge in [-0.05, 0) is 47.9 Å². The number of rotatable bonds is 5. The van der Waals surface area contributed by atoms with Gasteiger partial charge in [-0.15, -0.1) is 0 Å². The number of benzene rings is 3. The molecule has 0 amide bonds. The molecule has 0 saturated heterocycles. The second-order valence-corrected chi connectivity index (χ2v) is 10.7. The highest BCUT2D eigenvalue weighted by atomic mass is 32.2. The first-order valence-corrected chi connectivity index (χ1v) is 13.1. The van der Waals surface area contributed by atoms with Gasteiger partial charge in [-0.3, -0.25) is 4.31 Å². The van der Waals surface area contributed by atoms with Crippen molar-refractivity contribution in [2.24, 2.45) is 5.73 Å². The summed E-state index contributed by atoms with van der Waals surface area (Å²) < 4.78 is 46.7. The van der Waals surface area contributed by atoms with Gasteiger partial charge < -0.3 is 25.1 Å². The third kappa shape index (κ3) is 3.79. The molecule has 9 nitrogen and oxygen atoms in total. The highest BCUT2D eigenvalue weighted by Gasteiger charge is 2.47. The fourth-order valence-electron chi connectivity index (χ4n) is 4.84. The van der Waals surface area contributed by atoms with Gasteiger partial charge >= 0.3 is 0 Å². The van der Waals surface area contributed by atoms with Gasteiger partial charge in [-0.1, -0.05) is 36.4 Å². The van der Waals surface area contributed by atoms with Crippen molar-refractivity contribution in [3.05, 3.63) is 99.3 Å². The molecule has 2 aliphatic heterocycles. The van der Waals surface area contributed by atoms with E-state index in [0.29, 0.717) is 16.8 Å². The van der Waals surface area contributed by atoms with Crippen molar-refractivity contribution >= 4 is 21.5 Å². The molecule has 0 unspecified atom stereocenters. The van der Waals surface area contributed by atoms with Crippen LogP contribution in [0, 0.1) is 18.3 Å². The van der Waals surface area contributed by atoms with Crippen LogP contribution >= 0.6 is 0 Å². The van der Waals surface area contributed by atoms with E-state index < -0.39 is 15.9 Å². The maximum atomic E-state index is 14.5. The number of aromatic hydroxyl groups is 1. The van der Waals surface area contributed by atoms with Gasteiger partial charge in [0.05, 0.1) is 32.4 Å². The highest BCUT2D eigenvalue weighted by Crippen LogP contribution is 2.53. The van der Waals surface area contributed by atoms with Crippen molar-refractivity contribution in [2.75, 3.05) is 18.5 Å². The number of allylic oxidation sites excluding steroid dienone is 2. The van der Waals surface area contributed by atoms with E-state index in [0.717, 1.165) is 11.1 Å². The SMILES string of the molecule is COc1cc([C@H]2C(C#N)=C(N)OC3=C2S(=O)(=O)N(Cc2ccccc2C)c2ccccc23)cc(OC)c1O. The number of hydrogen-bond acceptors (Lipinski definition) is 8. The number of fused-ring (bicyclic) bond motifs is 2. The second-order valence-electron chi connectivity index (χ2n) is 8.85. The van der Waals surface area contributed by atoms with E-state index in [1.165, 1.54) is 30.7 Å². The van der Waals surface area contributed by atoms with Crippen LogP contribution in [0.3, 0.4) is 0 Å². The number of nitrogens with two attached hydrogens (primary N) is 1. The van der Waals surface area contributed by atoms with Crippen LogP contribution in [0.4, 0.5) is 5.69 Å². The lowest BCUT2D eigenvalue weighted by Crippen LogP contribution is -2.39. The molecule has 0 fully saturated rings. The molecule has 10 heteroatoms. The molecular formula is C28H25N3O6S. The number of nitrogens with zero attached hydrogens (tertiary/aromatic N) is 2. The molecule has 2 aliphatic rings. The van der Waals surface area contributed by atoms with Crippen molar-refractivity contribution < 1.29 is 27.7 Å². The summed E-state index contributed by atoms with van der Waals surface area (Å²) in [5.41, 5.74) is 9.15. The molecule has 3 aromatic carbocycles. The Morgan fingerprint density at radius 1 is 1.08 bits per heavy atom.